The second-order valence-corrected chi connectivity index (χ2v) is 3.28. The molecule has 0 aromatic rings. The maximum atomic E-state index is 3.84. The molecule has 0 radical (unpaired) electrons. The third-order valence-electron chi connectivity index (χ3n) is 2.02. The Morgan fingerprint density at radius 1 is 1.60 bits per heavy atom. The lowest BCUT2D eigenvalue weighted by molar-refractivity contribution is 0.387. The van der Waals surface area contributed by atoms with Crippen LogP contribution in [0.1, 0.15) is 32.6 Å². The normalized spacial score (nSPS) is 19.3. The van der Waals surface area contributed by atoms with E-state index in [1.807, 2.05) is 0 Å². The van der Waals surface area contributed by atoms with Gasteiger partial charge in [0.15, 0.2) is 0 Å². The Hall–Kier alpha value is -0.520. The summed E-state index contributed by atoms with van der Waals surface area (Å²) in [4.78, 5) is 0. The minimum Gasteiger partial charge on any atom is -0.0998 e. The monoisotopic (exact) mass is 136 g/mol. The summed E-state index contributed by atoms with van der Waals surface area (Å²) in [5, 5.41) is 0. The molecule has 0 heterocycles. The highest BCUT2D eigenvalue weighted by atomic mass is 14.2. The lowest BCUT2D eigenvalue weighted by Crippen LogP contribution is -2.06. The van der Waals surface area contributed by atoms with E-state index >= 15 is 0 Å². The SMILES string of the molecule is C=C(C)CC=CC1CCC1. The molecular formula is C10H16. The average Bonchev–Trinajstić information content (AvgIpc) is 1.75. The minimum absolute atomic E-state index is 0.902. The molecule has 0 N–H and O–H groups in total. The van der Waals surface area contributed by atoms with E-state index in [2.05, 4.69) is 25.7 Å². The Bertz CT molecular complexity index is 138. The zero-order valence-electron chi connectivity index (χ0n) is 6.77. The minimum atomic E-state index is 0.902. The van der Waals surface area contributed by atoms with E-state index in [0.717, 1.165) is 12.3 Å². The van der Waals surface area contributed by atoms with E-state index in [-0.39, 0.29) is 0 Å². The molecule has 0 unspecified atom stereocenters. The first-order chi connectivity index (χ1) is 4.79. The average molecular weight is 136 g/mol. The summed E-state index contributed by atoms with van der Waals surface area (Å²) in [5.74, 6) is 0.902. The van der Waals surface area contributed by atoms with Crippen molar-refractivity contribution in [3.05, 3.63) is 24.3 Å². The van der Waals surface area contributed by atoms with Gasteiger partial charge in [-0.2, -0.15) is 0 Å². The van der Waals surface area contributed by atoms with Crippen molar-refractivity contribution in [2.24, 2.45) is 5.92 Å². The van der Waals surface area contributed by atoms with Gasteiger partial charge in [-0.15, -0.1) is 0 Å². The zero-order valence-corrected chi connectivity index (χ0v) is 6.77. The fourth-order valence-electron chi connectivity index (χ4n) is 1.09. The Morgan fingerprint density at radius 2 is 2.30 bits per heavy atom. The van der Waals surface area contributed by atoms with Gasteiger partial charge in [0.2, 0.25) is 0 Å². The topological polar surface area (TPSA) is 0 Å². The fourth-order valence-corrected chi connectivity index (χ4v) is 1.09. The van der Waals surface area contributed by atoms with Crippen molar-refractivity contribution in [1.29, 1.82) is 0 Å². The van der Waals surface area contributed by atoms with Crippen LogP contribution >= 0.6 is 0 Å². The van der Waals surface area contributed by atoms with Gasteiger partial charge in [-0.25, -0.2) is 0 Å². The van der Waals surface area contributed by atoms with E-state index in [1.54, 1.807) is 0 Å². The van der Waals surface area contributed by atoms with Crippen LogP contribution in [0.5, 0.6) is 0 Å². The maximum Gasteiger partial charge on any atom is -0.0144 e. The Balaban J connectivity index is 2.10. The van der Waals surface area contributed by atoms with Crippen LogP contribution in [-0.2, 0) is 0 Å². The van der Waals surface area contributed by atoms with Crippen molar-refractivity contribution < 1.29 is 0 Å². The predicted octanol–water partition coefficient (Wildman–Crippen LogP) is 3.31. The van der Waals surface area contributed by atoms with Crippen LogP contribution in [0.15, 0.2) is 24.3 Å². The lowest BCUT2D eigenvalue weighted by Gasteiger charge is -2.21. The lowest BCUT2D eigenvalue weighted by atomic mass is 9.85. The molecule has 56 valence electrons. The molecule has 1 aliphatic rings. The van der Waals surface area contributed by atoms with Gasteiger partial charge in [-0.1, -0.05) is 30.7 Å². The van der Waals surface area contributed by atoms with Crippen LogP contribution in [0.4, 0.5) is 0 Å². The number of rotatable bonds is 3. The van der Waals surface area contributed by atoms with E-state index in [1.165, 1.54) is 24.8 Å². The first-order valence-electron chi connectivity index (χ1n) is 4.10. The molecule has 0 saturated heterocycles. The van der Waals surface area contributed by atoms with Crippen LogP contribution < -0.4 is 0 Å². The first kappa shape index (κ1) is 7.59. The smallest absolute Gasteiger partial charge is 0.0144 e. The van der Waals surface area contributed by atoms with Crippen LogP contribution in [-0.4, -0.2) is 0 Å². The van der Waals surface area contributed by atoms with E-state index in [0.29, 0.717) is 0 Å². The first-order valence-corrected chi connectivity index (χ1v) is 4.10. The fraction of sp³-hybridized carbons (Fsp3) is 0.600. The summed E-state index contributed by atoms with van der Waals surface area (Å²) in [7, 11) is 0. The molecule has 1 rings (SSSR count). The van der Waals surface area contributed by atoms with E-state index in [9.17, 15) is 0 Å². The summed E-state index contributed by atoms with van der Waals surface area (Å²) in [6, 6.07) is 0. The maximum absolute atomic E-state index is 3.84. The van der Waals surface area contributed by atoms with Gasteiger partial charge in [0.1, 0.15) is 0 Å². The number of hydrogen-bond acceptors (Lipinski definition) is 0. The van der Waals surface area contributed by atoms with Crippen molar-refractivity contribution in [1.82, 2.24) is 0 Å². The molecular weight excluding hydrogens is 120 g/mol. The summed E-state index contributed by atoms with van der Waals surface area (Å²) in [5.41, 5.74) is 1.26. The molecule has 0 bridgehead atoms. The van der Waals surface area contributed by atoms with Crippen molar-refractivity contribution >= 4 is 0 Å². The molecule has 0 nitrogen and oxygen atoms in total. The van der Waals surface area contributed by atoms with Crippen molar-refractivity contribution in [2.75, 3.05) is 0 Å². The molecule has 0 heteroatoms. The second kappa shape index (κ2) is 3.60. The van der Waals surface area contributed by atoms with Gasteiger partial charge >= 0.3 is 0 Å². The molecule has 1 saturated carbocycles. The van der Waals surface area contributed by atoms with Gasteiger partial charge in [0, 0.05) is 0 Å². The summed E-state index contributed by atoms with van der Waals surface area (Å²) in [6.07, 6.45) is 9.92. The largest absolute Gasteiger partial charge is 0.0998 e. The van der Waals surface area contributed by atoms with Crippen LogP contribution in [0.25, 0.3) is 0 Å². The highest BCUT2D eigenvalue weighted by molar-refractivity contribution is 5.01. The highest BCUT2D eigenvalue weighted by Crippen LogP contribution is 2.27. The zero-order chi connectivity index (χ0) is 7.40. The number of allylic oxidation sites excluding steroid dienone is 3. The Morgan fingerprint density at radius 3 is 2.70 bits per heavy atom. The molecule has 10 heavy (non-hydrogen) atoms. The third-order valence-corrected chi connectivity index (χ3v) is 2.02. The van der Waals surface area contributed by atoms with Crippen LogP contribution in [0.2, 0.25) is 0 Å². The Labute approximate surface area is 63.6 Å². The number of hydrogen-bond donors (Lipinski definition) is 0. The standard InChI is InChI=1S/C10H16/c1-9(2)5-3-6-10-7-4-8-10/h3,6,10H,1,4-5,7-8H2,2H3. The third kappa shape index (κ3) is 2.38. The van der Waals surface area contributed by atoms with Gasteiger partial charge in [0.05, 0.1) is 0 Å². The van der Waals surface area contributed by atoms with Gasteiger partial charge in [0.25, 0.3) is 0 Å². The van der Waals surface area contributed by atoms with Crippen molar-refractivity contribution in [3.8, 4) is 0 Å². The molecule has 0 spiro atoms. The van der Waals surface area contributed by atoms with Gasteiger partial charge in [-0.05, 0) is 32.1 Å². The predicted molar refractivity (Wildman–Crippen MR) is 45.9 cm³/mol. The van der Waals surface area contributed by atoms with Gasteiger partial charge < -0.3 is 0 Å². The highest BCUT2D eigenvalue weighted by Gasteiger charge is 2.12. The second-order valence-electron chi connectivity index (χ2n) is 3.28. The van der Waals surface area contributed by atoms with E-state index < -0.39 is 0 Å². The summed E-state index contributed by atoms with van der Waals surface area (Å²) < 4.78 is 0. The summed E-state index contributed by atoms with van der Waals surface area (Å²) in [6.45, 7) is 5.92. The van der Waals surface area contributed by atoms with Crippen LogP contribution in [0, 0.1) is 5.92 Å². The van der Waals surface area contributed by atoms with Crippen LogP contribution in [0.3, 0.4) is 0 Å². The van der Waals surface area contributed by atoms with Gasteiger partial charge in [-0.3, -0.25) is 0 Å². The summed E-state index contributed by atoms with van der Waals surface area (Å²) >= 11 is 0. The molecule has 0 amide bonds. The molecule has 0 aromatic heterocycles. The van der Waals surface area contributed by atoms with E-state index in [4.69, 9.17) is 0 Å². The molecule has 0 atom stereocenters. The molecule has 1 fully saturated rings. The molecule has 0 aromatic carbocycles. The molecule has 0 aliphatic heterocycles. The van der Waals surface area contributed by atoms with Crippen molar-refractivity contribution in [3.63, 3.8) is 0 Å². The molecule has 1 aliphatic carbocycles. The van der Waals surface area contributed by atoms with Crippen molar-refractivity contribution in [2.45, 2.75) is 32.6 Å². The quantitative estimate of drug-likeness (QED) is 0.522. The Kier molecular flexibility index (Phi) is 2.73.